The van der Waals surface area contributed by atoms with Crippen LogP contribution in [0.2, 0.25) is 0 Å². The molecule has 2 aromatic heterocycles. The Labute approximate surface area is 141 Å². The predicted octanol–water partition coefficient (Wildman–Crippen LogP) is 2.45. The first kappa shape index (κ1) is 15.4. The third-order valence-electron chi connectivity index (χ3n) is 5.18. The van der Waals surface area contributed by atoms with E-state index < -0.39 is 0 Å². The highest BCUT2D eigenvalue weighted by Crippen LogP contribution is 2.26. The van der Waals surface area contributed by atoms with Crippen molar-refractivity contribution in [1.82, 2.24) is 20.4 Å². The molecular weight excluding hydrogens is 304 g/mol. The average Bonchev–Trinajstić information content (AvgIpc) is 3.36. The zero-order chi connectivity index (χ0) is 16.4. The van der Waals surface area contributed by atoms with Gasteiger partial charge in [0.15, 0.2) is 5.69 Å². The number of carbonyl (C=O) groups is 1. The summed E-state index contributed by atoms with van der Waals surface area (Å²) in [6.07, 6.45) is 8.36. The third-order valence-corrected chi connectivity index (χ3v) is 5.18. The van der Waals surface area contributed by atoms with E-state index in [2.05, 4.69) is 20.4 Å². The van der Waals surface area contributed by atoms with E-state index in [1.165, 1.54) is 19.3 Å². The maximum atomic E-state index is 12.6. The van der Waals surface area contributed by atoms with Crippen LogP contribution in [0.4, 0.5) is 0 Å². The van der Waals surface area contributed by atoms with Gasteiger partial charge in [0.25, 0.3) is 5.91 Å². The van der Waals surface area contributed by atoms with Gasteiger partial charge >= 0.3 is 0 Å². The summed E-state index contributed by atoms with van der Waals surface area (Å²) in [5, 5.41) is 10.4. The minimum Gasteiger partial charge on any atom is -0.468 e. The first-order valence-electron chi connectivity index (χ1n) is 8.94. The third kappa shape index (κ3) is 2.98. The molecule has 1 atom stereocenters. The second-order valence-corrected chi connectivity index (χ2v) is 6.72. The number of likely N-dealkylation sites (tertiary alicyclic amines) is 1. The molecule has 6 nitrogen and oxygen atoms in total. The minimum absolute atomic E-state index is 0.0786. The van der Waals surface area contributed by atoms with Crippen LogP contribution in [-0.2, 0) is 12.8 Å². The first-order chi connectivity index (χ1) is 11.8. The molecule has 0 bridgehead atoms. The second-order valence-electron chi connectivity index (χ2n) is 6.72. The normalized spacial score (nSPS) is 19.2. The number of furan rings is 1. The molecule has 6 heteroatoms. The molecule has 1 amide bonds. The van der Waals surface area contributed by atoms with Gasteiger partial charge in [0.1, 0.15) is 5.76 Å². The number of hydrogen-bond donors (Lipinski definition) is 2. The van der Waals surface area contributed by atoms with E-state index in [-0.39, 0.29) is 11.9 Å². The van der Waals surface area contributed by atoms with Gasteiger partial charge in [-0.15, -0.1) is 0 Å². The van der Waals surface area contributed by atoms with Gasteiger partial charge in [-0.3, -0.25) is 14.8 Å². The van der Waals surface area contributed by atoms with Crippen LogP contribution >= 0.6 is 0 Å². The highest BCUT2D eigenvalue weighted by Gasteiger charge is 2.27. The van der Waals surface area contributed by atoms with Crippen LogP contribution in [0, 0.1) is 0 Å². The molecule has 2 aromatic rings. The summed E-state index contributed by atoms with van der Waals surface area (Å²) in [7, 11) is 0. The molecule has 3 heterocycles. The average molecular weight is 328 g/mol. The summed E-state index contributed by atoms with van der Waals surface area (Å²) in [6, 6.07) is 4.00. The van der Waals surface area contributed by atoms with Crippen molar-refractivity contribution in [2.45, 2.75) is 44.6 Å². The standard InChI is InChI=1S/C18H24N4O2/c23-18(17-13-6-1-2-7-14(13)20-21-17)19-12-15(16-8-5-11-24-16)22-9-3-4-10-22/h5,8,11,15H,1-4,6-7,9-10,12H2,(H,19,23)(H,20,21). The van der Waals surface area contributed by atoms with E-state index in [0.29, 0.717) is 12.2 Å². The van der Waals surface area contributed by atoms with E-state index in [1.54, 1.807) is 6.26 Å². The molecule has 24 heavy (non-hydrogen) atoms. The van der Waals surface area contributed by atoms with Crippen molar-refractivity contribution >= 4 is 5.91 Å². The summed E-state index contributed by atoms with van der Waals surface area (Å²) in [4.78, 5) is 15.0. The molecule has 128 valence electrons. The van der Waals surface area contributed by atoms with Crippen LogP contribution < -0.4 is 5.32 Å². The summed E-state index contributed by atoms with van der Waals surface area (Å²) >= 11 is 0. The summed E-state index contributed by atoms with van der Waals surface area (Å²) < 4.78 is 5.61. The number of rotatable bonds is 5. The highest BCUT2D eigenvalue weighted by molar-refractivity contribution is 5.94. The van der Waals surface area contributed by atoms with Crippen molar-refractivity contribution in [2.75, 3.05) is 19.6 Å². The number of fused-ring (bicyclic) bond motifs is 1. The van der Waals surface area contributed by atoms with Crippen LogP contribution in [0.1, 0.15) is 59.2 Å². The quantitative estimate of drug-likeness (QED) is 0.884. The van der Waals surface area contributed by atoms with Gasteiger partial charge < -0.3 is 9.73 Å². The zero-order valence-corrected chi connectivity index (χ0v) is 13.9. The molecular formula is C18H24N4O2. The van der Waals surface area contributed by atoms with E-state index >= 15 is 0 Å². The topological polar surface area (TPSA) is 74.2 Å². The van der Waals surface area contributed by atoms with E-state index in [1.807, 2.05) is 12.1 Å². The number of nitrogens with one attached hydrogen (secondary N) is 2. The Morgan fingerprint density at radius 1 is 1.29 bits per heavy atom. The molecule has 1 saturated heterocycles. The maximum absolute atomic E-state index is 12.6. The van der Waals surface area contributed by atoms with Crippen molar-refractivity contribution in [3.05, 3.63) is 41.1 Å². The zero-order valence-electron chi connectivity index (χ0n) is 13.9. The van der Waals surface area contributed by atoms with Crippen LogP contribution in [-0.4, -0.2) is 40.6 Å². The van der Waals surface area contributed by atoms with Crippen molar-refractivity contribution < 1.29 is 9.21 Å². The number of aromatic nitrogens is 2. The molecule has 1 unspecified atom stereocenters. The highest BCUT2D eigenvalue weighted by atomic mass is 16.3. The molecule has 2 N–H and O–H groups in total. The number of amides is 1. The van der Waals surface area contributed by atoms with Gasteiger partial charge in [0, 0.05) is 17.8 Å². The van der Waals surface area contributed by atoms with Gasteiger partial charge in [-0.25, -0.2) is 0 Å². The maximum Gasteiger partial charge on any atom is 0.272 e. The van der Waals surface area contributed by atoms with Gasteiger partial charge in [0.2, 0.25) is 0 Å². The molecule has 0 spiro atoms. The number of hydrogen-bond acceptors (Lipinski definition) is 4. The monoisotopic (exact) mass is 328 g/mol. The van der Waals surface area contributed by atoms with E-state index in [0.717, 1.165) is 49.4 Å². The van der Waals surface area contributed by atoms with Gasteiger partial charge in [-0.1, -0.05) is 0 Å². The van der Waals surface area contributed by atoms with Gasteiger partial charge in [-0.05, 0) is 63.7 Å². The lowest BCUT2D eigenvalue weighted by molar-refractivity contribution is 0.0927. The number of aryl methyl sites for hydroxylation is 1. The predicted molar refractivity (Wildman–Crippen MR) is 89.8 cm³/mol. The lowest BCUT2D eigenvalue weighted by Crippen LogP contribution is -2.37. The lowest BCUT2D eigenvalue weighted by Gasteiger charge is -2.26. The van der Waals surface area contributed by atoms with Crippen LogP contribution in [0.3, 0.4) is 0 Å². The smallest absolute Gasteiger partial charge is 0.272 e. The number of nitrogens with zero attached hydrogens (tertiary/aromatic N) is 2. The van der Waals surface area contributed by atoms with Crippen molar-refractivity contribution in [3.8, 4) is 0 Å². The number of aromatic amines is 1. The van der Waals surface area contributed by atoms with Crippen LogP contribution in [0.15, 0.2) is 22.8 Å². The molecule has 1 aliphatic heterocycles. The Balaban J connectivity index is 1.46. The molecule has 0 aromatic carbocycles. The molecule has 0 saturated carbocycles. The molecule has 2 aliphatic rings. The molecule has 0 radical (unpaired) electrons. The summed E-state index contributed by atoms with van der Waals surface area (Å²) in [5.74, 6) is 0.839. The Bertz CT molecular complexity index is 686. The largest absolute Gasteiger partial charge is 0.468 e. The van der Waals surface area contributed by atoms with Gasteiger partial charge in [-0.2, -0.15) is 5.10 Å². The Morgan fingerprint density at radius 2 is 2.12 bits per heavy atom. The van der Waals surface area contributed by atoms with Crippen LogP contribution in [0.5, 0.6) is 0 Å². The first-order valence-corrected chi connectivity index (χ1v) is 8.94. The summed E-state index contributed by atoms with van der Waals surface area (Å²) in [5.41, 5.74) is 2.81. The van der Waals surface area contributed by atoms with E-state index in [9.17, 15) is 4.79 Å². The Kier molecular flexibility index (Phi) is 4.38. The van der Waals surface area contributed by atoms with Crippen molar-refractivity contribution in [2.24, 2.45) is 0 Å². The molecule has 4 rings (SSSR count). The fraction of sp³-hybridized carbons (Fsp3) is 0.556. The second kappa shape index (κ2) is 6.81. The Morgan fingerprint density at radius 3 is 2.92 bits per heavy atom. The number of H-pyrrole nitrogens is 1. The van der Waals surface area contributed by atoms with E-state index in [4.69, 9.17) is 4.42 Å². The molecule has 1 fully saturated rings. The Hall–Kier alpha value is -2.08. The molecule has 1 aliphatic carbocycles. The number of carbonyl (C=O) groups excluding carboxylic acids is 1. The summed E-state index contributed by atoms with van der Waals surface area (Å²) in [6.45, 7) is 2.66. The fourth-order valence-corrected chi connectivity index (χ4v) is 3.89. The van der Waals surface area contributed by atoms with Crippen molar-refractivity contribution in [3.63, 3.8) is 0 Å². The van der Waals surface area contributed by atoms with Crippen LogP contribution in [0.25, 0.3) is 0 Å². The fourth-order valence-electron chi connectivity index (χ4n) is 3.89. The van der Waals surface area contributed by atoms with Crippen molar-refractivity contribution in [1.29, 1.82) is 0 Å². The van der Waals surface area contributed by atoms with Gasteiger partial charge in [0.05, 0.1) is 12.3 Å². The SMILES string of the molecule is O=C(NCC(c1ccco1)N1CCCC1)c1n[nH]c2c1CCCC2. The minimum atomic E-state index is -0.0786. The lowest BCUT2D eigenvalue weighted by atomic mass is 9.96.